The number of rotatable bonds is 8. The Bertz CT molecular complexity index is 5320. The molecule has 0 fully saturated rings. The fourth-order valence-electron chi connectivity index (χ4n) is 13.6. The Kier molecular flexibility index (Phi) is 9.99. The van der Waals surface area contributed by atoms with Crippen LogP contribution >= 0.6 is 0 Å². The summed E-state index contributed by atoms with van der Waals surface area (Å²) in [5.41, 5.74) is 16.5. The number of anilines is 6. The topological polar surface area (TPSA) is 42.6 Å². The molecule has 0 spiro atoms. The number of para-hydroxylation sites is 4. The van der Waals surface area contributed by atoms with Crippen LogP contribution in [0.3, 0.4) is 0 Å². The van der Waals surface area contributed by atoms with Crippen molar-refractivity contribution < 1.29 is 8.83 Å². The van der Waals surface area contributed by atoms with Crippen LogP contribution in [0.15, 0.2) is 300 Å². The molecule has 0 aliphatic carbocycles. The summed E-state index contributed by atoms with van der Waals surface area (Å²) >= 11 is 0. The number of nitrogens with zero attached hydrogens (tertiary/aromatic N) is 4. The van der Waals surface area contributed by atoms with Crippen molar-refractivity contribution >= 4 is 154 Å². The van der Waals surface area contributed by atoms with Crippen molar-refractivity contribution in [3.8, 4) is 11.4 Å². The number of furan rings is 2. The second kappa shape index (κ2) is 18.1. The first-order valence-electron chi connectivity index (χ1n) is 28.6. The monoisotopic (exact) mass is 1070 g/mol. The van der Waals surface area contributed by atoms with Gasteiger partial charge in [-0.15, -0.1) is 0 Å². The molecule has 0 radical (unpaired) electrons. The minimum Gasteiger partial charge on any atom is -0.456 e. The summed E-state index contributed by atoms with van der Waals surface area (Å²) in [7, 11) is 0. The molecule has 0 saturated heterocycles. The quantitative estimate of drug-likeness (QED) is 0.152. The van der Waals surface area contributed by atoms with Gasteiger partial charge in [-0.1, -0.05) is 133 Å². The van der Waals surface area contributed by atoms with Crippen LogP contribution < -0.4 is 9.80 Å². The van der Waals surface area contributed by atoms with Gasteiger partial charge in [0.15, 0.2) is 0 Å². The van der Waals surface area contributed by atoms with Crippen molar-refractivity contribution in [2.24, 2.45) is 0 Å². The Labute approximate surface area is 481 Å². The molecule has 0 unspecified atom stereocenters. The Morgan fingerprint density at radius 2 is 0.571 bits per heavy atom. The summed E-state index contributed by atoms with van der Waals surface area (Å²) in [4.78, 5) is 4.61. The van der Waals surface area contributed by atoms with Crippen LogP contribution in [0.4, 0.5) is 34.1 Å². The van der Waals surface area contributed by atoms with Crippen molar-refractivity contribution in [3.05, 3.63) is 291 Å². The predicted molar refractivity (Wildman–Crippen MR) is 352 cm³/mol. The van der Waals surface area contributed by atoms with Crippen molar-refractivity contribution in [1.82, 2.24) is 9.13 Å². The first kappa shape index (κ1) is 46.4. The van der Waals surface area contributed by atoms with Gasteiger partial charge in [0.25, 0.3) is 0 Å². The zero-order chi connectivity index (χ0) is 55.0. The lowest BCUT2D eigenvalue weighted by Crippen LogP contribution is -2.09. The van der Waals surface area contributed by atoms with E-state index in [-0.39, 0.29) is 0 Å². The Morgan fingerprint density at radius 3 is 1.01 bits per heavy atom. The Morgan fingerprint density at radius 1 is 0.214 bits per heavy atom. The number of benzene rings is 14. The minimum absolute atomic E-state index is 0.826. The van der Waals surface area contributed by atoms with Crippen LogP contribution in [0.1, 0.15) is 0 Å². The van der Waals surface area contributed by atoms with Crippen LogP contribution in [-0.4, -0.2) is 9.13 Å². The summed E-state index contributed by atoms with van der Waals surface area (Å²) in [6.45, 7) is 0. The van der Waals surface area contributed by atoms with Crippen molar-refractivity contribution in [2.75, 3.05) is 9.80 Å². The molecule has 14 aromatic carbocycles. The summed E-state index contributed by atoms with van der Waals surface area (Å²) in [5.74, 6) is 0. The molecule has 4 aromatic heterocycles. The van der Waals surface area contributed by atoms with Crippen LogP contribution in [0.5, 0.6) is 0 Å². The van der Waals surface area contributed by atoms with Crippen molar-refractivity contribution in [1.29, 1.82) is 0 Å². The third-order valence-electron chi connectivity index (χ3n) is 17.4. The highest BCUT2D eigenvalue weighted by Gasteiger charge is 2.22. The molecule has 6 nitrogen and oxygen atoms in total. The molecule has 0 N–H and O–H groups in total. The van der Waals surface area contributed by atoms with Gasteiger partial charge in [-0.2, -0.15) is 0 Å². The molecule has 4 heterocycles. The third kappa shape index (κ3) is 7.04. The van der Waals surface area contributed by atoms with Gasteiger partial charge in [0.05, 0.1) is 22.1 Å². The maximum Gasteiger partial charge on any atom is 0.137 e. The van der Waals surface area contributed by atoms with E-state index in [9.17, 15) is 0 Å². The number of aromatic nitrogens is 2. The van der Waals surface area contributed by atoms with Gasteiger partial charge in [-0.05, 0) is 178 Å². The fourth-order valence-corrected chi connectivity index (χ4v) is 13.6. The molecule has 0 saturated carbocycles. The van der Waals surface area contributed by atoms with Crippen LogP contribution in [0.2, 0.25) is 0 Å². The molecular weight excluding hydrogens is 1020 g/mol. The molecule has 84 heavy (non-hydrogen) atoms. The van der Waals surface area contributed by atoms with E-state index in [1.165, 1.54) is 65.2 Å². The fraction of sp³-hybridized carbons (Fsp3) is 0. The molecule has 392 valence electrons. The van der Waals surface area contributed by atoms with Gasteiger partial charge in [0, 0.05) is 101 Å². The van der Waals surface area contributed by atoms with E-state index in [1.54, 1.807) is 0 Å². The summed E-state index contributed by atoms with van der Waals surface area (Å²) in [6, 6.07) is 105. The summed E-state index contributed by atoms with van der Waals surface area (Å²) in [5, 5.41) is 16.5. The molecular formula is C78H48N4O2. The maximum atomic E-state index is 6.83. The van der Waals surface area contributed by atoms with E-state index in [1.807, 2.05) is 0 Å². The second-order valence-electron chi connectivity index (χ2n) is 22.1. The highest BCUT2D eigenvalue weighted by atomic mass is 16.3. The van der Waals surface area contributed by atoms with E-state index >= 15 is 0 Å². The average molecular weight is 1070 g/mol. The van der Waals surface area contributed by atoms with Crippen LogP contribution in [-0.2, 0) is 0 Å². The van der Waals surface area contributed by atoms with Gasteiger partial charge in [-0.25, -0.2) is 0 Å². The van der Waals surface area contributed by atoms with E-state index in [4.69, 9.17) is 8.83 Å². The normalized spacial score (nSPS) is 12.0. The van der Waals surface area contributed by atoms with Crippen LogP contribution in [0, 0.1) is 0 Å². The first-order valence-corrected chi connectivity index (χ1v) is 28.6. The lowest BCUT2D eigenvalue weighted by Gasteiger charge is -2.25. The highest BCUT2D eigenvalue weighted by Crippen LogP contribution is 2.45. The molecule has 0 atom stereocenters. The molecule has 18 aromatic rings. The number of hydrogen-bond acceptors (Lipinski definition) is 4. The number of hydrogen-bond donors (Lipinski definition) is 0. The SMILES string of the molecule is c1ccc(N(c2ccc(-n3c4ccccc4c4c5ccccc5ccc43)cc2)c2ccc3c(c2)oc2cc4cc5c(cc4cc23)oc2cc(N(c3ccccc3)c3ccc(-n4c6ccccc6c6c7ccccc7ccc64)cc3)ccc25)cc1. The Balaban J connectivity index is 0.691. The third-order valence-corrected chi connectivity index (χ3v) is 17.4. The van der Waals surface area contributed by atoms with E-state index < -0.39 is 0 Å². The zero-order valence-corrected chi connectivity index (χ0v) is 45.3. The van der Waals surface area contributed by atoms with E-state index in [2.05, 4.69) is 310 Å². The predicted octanol–water partition coefficient (Wildman–Crippen LogP) is 22.1. The summed E-state index contributed by atoms with van der Waals surface area (Å²) < 4.78 is 18.4. The Hall–Kier alpha value is -11.3. The standard InChI is InChI=1S/C78H48N4O2/c1-3-17-53(18-4-1)79(55-29-33-57(34-30-55)81-69-25-13-11-23-65(69)77-61-21-9-7-15-49(61)27-41-71(77)81)59-37-39-63-67-43-51-46-74-68(44-52(51)45-73(67)83-75(63)47-59)64-40-38-60(48-76(64)84-74)80(54-19-5-2-6-20-54)56-31-35-58(36-32-56)82-70-26-14-12-24-66(70)78-62-22-10-8-16-50(62)28-42-72(78)82/h1-48H. The minimum atomic E-state index is 0.826. The smallest absolute Gasteiger partial charge is 0.137 e. The van der Waals surface area contributed by atoms with Crippen molar-refractivity contribution in [3.63, 3.8) is 0 Å². The van der Waals surface area contributed by atoms with Crippen LogP contribution in [0.25, 0.3) is 131 Å². The largest absolute Gasteiger partial charge is 0.456 e. The zero-order valence-electron chi connectivity index (χ0n) is 45.3. The van der Waals surface area contributed by atoms with Gasteiger partial charge >= 0.3 is 0 Å². The van der Waals surface area contributed by atoms with Gasteiger partial charge in [0.1, 0.15) is 22.3 Å². The molecule has 0 amide bonds. The molecule has 0 aliphatic rings. The molecule has 18 rings (SSSR count). The average Bonchev–Trinajstić information content (AvgIpc) is 3.51. The summed E-state index contributed by atoms with van der Waals surface area (Å²) in [6.07, 6.45) is 0. The van der Waals surface area contributed by atoms with Crippen molar-refractivity contribution in [2.45, 2.75) is 0 Å². The lowest BCUT2D eigenvalue weighted by molar-refractivity contribution is 0.668. The highest BCUT2D eigenvalue weighted by molar-refractivity contribution is 6.23. The van der Waals surface area contributed by atoms with Gasteiger partial charge in [0.2, 0.25) is 0 Å². The number of fused-ring (bicyclic) bond motifs is 17. The molecule has 0 aliphatic heterocycles. The van der Waals surface area contributed by atoms with Gasteiger partial charge in [-0.3, -0.25) is 0 Å². The van der Waals surface area contributed by atoms with Gasteiger partial charge < -0.3 is 27.8 Å². The van der Waals surface area contributed by atoms with E-state index in [0.717, 1.165) is 100 Å². The molecule has 6 heteroatoms. The lowest BCUT2D eigenvalue weighted by atomic mass is 10.0. The maximum absolute atomic E-state index is 6.83. The first-order chi connectivity index (χ1) is 41.6. The van der Waals surface area contributed by atoms with E-state index in [0.29, 0.717) is 0 Å². The second-order valence-corrected chi connectivity index (χ2v) is 22.1. The molecule has 0 bridgehead atoms.